The molecule has 0 bridgehead atoms. The summed E-state index contributed by atoms with van der Waals surface area (Å²) in [7, 11) is 0. The molecule has 35 heavy (non-hydrogen) atoms. The highest BCUT2D eigenvalue weighted by Crippen LogP contribution is 2.31. The first-order valence-electron chi connectivity index (χ1n) is 11.4. The zero-order chi connectivity index (χ0) is 24.8. The molecule has 1 heterocycles. The van der Waals surface area contributed by atoms with Gasteiger partial charge in [-0.1, -0.05) is 35.9 Å². The van der Waals surface area contributed by atoms with Gasteiger partial charge in [0.05, 0.1) is 12.3 Å². The molecule has 0 aliphatic heterocycles. The van der Waals surface area contributed by atoms with Gasteiger partial charge in [-0.25, -0.2) is 4.68 Å². The van der Waals surface area contributed by atoms with E-state index in [2.05, 4.69) is 5.32 Å². The molecule has 0 unspecified atom stereocenters. The molecule has 1 amide bonds. The molecule has 0 aliphatic rings. The second-order valence-electron chi connectivity index (χ2n) is 8.11. The lowest BCUT2D eigenvalue weighted by molar-refractivity contribution is -0.112. The molecule has 6 heteroatoms. The summed E-state index contributed by atoms with van der Waals surface area (Å²) in [6.07, 6.45) is 3.41. The zero-order valence-electron chi connectivity index (χ0n) is 19.9. The maximum Gasteiger partial charge on any atom is 0.266 e. The Kier molecular flexibility index (Phi) is 7.08. The van der Waals surface area contributed by atoms with E-state index in [0.29, 0.717) is 23.6 Å². The largest absolute Gasteiger partial charge is 0.494 e. The third-order valence-electron chi connectivity index (χ3n) is 5.50. The van der Waals surface area contributed by atoms with E-state index in [1.54, 1.807) is 10.8 Å². The van der Waals surface area contributed by atoms with Crippen LogP contribution in [0.2, 0.25) is 0 Å². The molecule has 0 aliphatic carbocycles. The van der Waals surface area contributed by atoms with Crippen LogP contribution in [-0.4, -0.2) is 22.3 Å². The van der Waals surface area contributed by atoms with Crippen molar-refractivity contribution in [1.82, 2.24) is 9.78 Å². The standard InChI is InChI=1S/C29H26N4O2/c1-4-35-26-14-15-27(21(3)16-26)28-23(19-33(32-28)25-8-6-5-7-9-25)17-22(18-30)29(34)31-24-12-10-20(2)11-13-24/h5-17,19H,4H2,1-3H3,(H,31,34). The fourth-order valence-corrected chi connectivity index (χ4v) is 3.71. The molecule has 0 atom stereocenters. The van der Waals surface area contributed by atoms with Crippen molar-refractivity contribution in [3.63, 3.8) is 0 Å². The average Bonchev–Trinajstić information content (AvgIpc) is 3.28. The third-order valence-corrected chi connectivity index (χ3v) is 5.50. The minimum absolute atomic E-state index is 0.0111. The van der Waals surface area contributed by atoms with Gasteiger partial charge in [0.25, 0.3) is 5.91 Å². The monoisotopic (exact) mass is 462 g/mol. The SMILES string of the molecule is CCOc1ccc(-c2nn(-c3ccccc3)cc2C=C(C#N)C(=O)Nc2ccc(C)cc2)c(C)c1. The molecule has 0 saturated heterocycles. The topological polar surface area (TPSA) is 79.9 Å². The average molecular weight is 463 g/mol. The first kappa shape index (κ1) is 23.5. The summed E-state index contributed by atoms with van der Waals surface area (Å²) < 4.78 is 7.38. The molecule has 0 spiro atoms. The van der Waals surface area contributed by atoms with Crippen LogP contribution in [0.3, 0.4) is 0 Å². The molecule has 4 rings (SSSR count). The number of ether oxygens (including phenoxy) is 1. The summed E-state index contributed by atoms with van der Waals surface area (Å²) in [6, 6.07) is 25.0. The van der Waals surface area contributed by atoms with Gasteiger partial charge in [-0.05, 0) is 74.9 Å². The van der Waals surface area contributed by atoms with Crippen LogP contribution in [-0.2, 0) is 4.79 Å². The summed E-state index contributed by atoms with van der Waals surface area (Å²) in [5.74, 6) is 0.307. The van der Waals surface area contributed by atoms with Crippen LogP contribution in [0.25, 0.3) is 23.0 Å². The number of hydrogen-bond acceptors (Lipinski definition) is 4. The molecule has 0 fully saturated rings. The van der Waals surface area contributed by atoms with E-state index in [1.165, 1.54) is 0 Å². The number of nitriles is 1. The molecule has 3 aromatic carbocycles. The Morgan fingerprint density at radius 2 is 1.83 bits per heavy atom. The number of rotatable bonds is 7. The maximum atomic E-state index is 12.9. The molecule has 0 radical (unpaired) electrons. The van der Waals surface area contributed by atoms with Gasteiger partial charge in [-0.2, -0.15) is 10.4 Å². The van der Waals surface area contributed by atoms with Crippen LogP contribution < -0.4 is 10.1 Å². The Hall–Kier alpha value is -4.63. The number of benzene rings is 3. The van der Waals surface area contributed by atoms with E-state index >= 15 is 0 Å². The van der Waals surface area contributed by atoms with Crippen molar-refractivity contribution in [3.05, 3.63) is 101 Å². The number of carbonyl (C=O) groups is 1. The predicted molar refractivity (Wildman–Crippen MR) is 138 cm³/mol. The smallest absolute Gasteiger partial charge is 0.266 e. The van der Waals surface area contributed by atoms with Crippen molar-refractivity contribution in [1.29, 1.82) is 5.26 Å². The first-order chi connectivity index (χ1) is 17.0. The maximum absolute atomic E-state index is 12.9. The second kappa shape index (κ2) is 10.5. The fourth-order valence-electron chi connectivity index (χ4n) is 3.71. The van der Waals surface area contributed by atoms with Gasteiger partial charge < -0.3 is 10.1 Å². The zero-order valence-corrected chi connectivity index (χ0v) is 19.9. The Bertz CT molecular complexity index is 1410. The van der Waals surface area contributed by atoms with Crippen molar-refractivity contribution in [2.24, 2.45) is 0 Å². The molecule has 1 N–H and O–H groups in total. The molecular formula is C29H26N4O2. The molecule has 1 aromatic heterocycles. The van der Waals surface area contributed by atoms with Crippen molar-refractivity contribution >= 4 is 17.7 Å². The lowest BCUT2D eigenvalue weighted by Crippen LogP contribution is -2.13. The van der Waals surface area contributed by atoms with Gasteiger partial charge in [-0.3, -0.25) is 4.79 Å². The summed E-state index contributed by atoms with van der Waals surface area (Å²) in [5, 5.41) is 17.4. The number of aromatic nitrogens is 2. The Balaban J connectivity index is 1.77. The van der Waals surface area contributed by atoms with Crippen molar-refractivity contribution < 1.29 is 9.53 Å². The minimum atomic E-state index is -0.474. The van der Waals surface area contributed by atoms with E-state index in [4.69, 9.17) is 9.84 Å². The molecule has 4 aromatic rings. The van der Waals surface area contributed by atoms with Crippen molar-refractivity contribution in [3.8, 4) is 28.8 Å². The molecular weight excluding hydrogens is 436 g/mol. The van der Waals surface area contributed by atoms with Gasteiger partial charge in [0.1, 0.15) is 23.1 Å². The number of nitrogens with zero attached hydrogens (tertiary/aromatic N) is 3. The van der Waals surface area contributed by atoms with Gasteiger partial charge in [-0.15, -0.1) is 0 Å². The van der Waals surface area contributed by atoms with Crippen molar-refractivity contribution in [2.75, 3.05) is 11.9 Å². The predicted octanol–water partition coefficient (Wildman–Crippen LogP) is 6.10. The third kappa shape index (κ3) is 5.48. The number of carbonyl (C=O) groups excluding carboxylic acids is 1. The fraction of sp³-hybridized carbons (Fsp3) is 0.138. The number of para-hydroxylation sites is 1. The second-order valence-corrected chi connectivity index (χ2v) is 8.11. The molecule has 6 nitrogen and oxygen atoms in total. The van der Waals surface area contributed by atoms with E-state index in [0.717, 1.165) is 28.1 Å². The normalized spacial score (nSPS) is 11.1. The van der Waals surface area contributed by atoms with Gasteiger partial charge in [0, 0.05) is 23.0 Å². The van der Waals surface area contributed by atoms with E-state index in [9.17, 15) is 10.1 Å². The lowest BCUT2D eigenvalue weighted by atomic mass is 10.0. The van der Waals surface area contributed by atoms with Crippen LogP contribution in [0.1, 0.15) is 23.6 Å². The summed E-state index contributed by atoms with van der Waals surface area (Å²) >= 11 is 0. The highest BCUT2D eigenvalue weighted by Gasteiger charge is 2.17. The summed E-state index contributed by atoms with van der Waals surface area (Å²) in [6.45, 7) is 6.49. The van der Waals surface area contributed by atoms with Crippen molar-refractivity contribution in [2.45, 2.75) is 20.8 Å². The minimum Gasteiger partial charge on any atom is -0.494 e. The molecule has 0 saturated carbocycles. The van der Waals surface area contributed by atoms with Gasteiger partial charge >= 0.3 is 0 Å². The Morgan fingerprint density at radius 1 is 1.09 bits per heavy atom. The van der Waals surface area contributed by atoms with Crippen LogP contribution in [0, 0.1) is 25.2 Å². The number of hydrogen-bond donors (Lipinski definition) is 1. The first-order valence-corrected chi connectivity index (χ1v) is 11.4. The number of nitrogens with one attached hydrogen (secondary N) is 1. The Morgan fingerprint density at radius 3 is 2.49 bits per heavy atom. The highest BCUT2D eigenvalue weighted by molar-refractivity contribution is 6.10. The summed E-state index contributed by atoms with van der Waals surface area (Å²) in [4.78, 5) is 12.9. The van der Waals surface area contributed by atoms with Crippen LogP contribution in [0.4, 0.5) is 5.69 Å². The number of anilines is 1. The van der Waals surface area contributed by atoms with Gasteiger partial charge in [0.15, 0.2) is 0 Å². The quantitative estimate of drug-likeness (QED) is 0.266. The van der Waals surface area contributed by atoms with Gasteiger partial charge in [0.2, 0.25) is 0 Å². The molecule has 174 valence electrons. The number of aryl methyl sites for hydroxylation is 2. The van der Waals surface area contributed by atoms with E-state index in [-0.39, 0.29) is 5.57 Å². The lowest BCUT2D eigenvalue weighted by Gasteiger charge is -2.09. The van der Waals surface area contributed by atoms with Crippen LogP contribution >= 0.6 is 0 Å². The van der Waals surface area contributed by atoms with Crippen LogP contribution in [0.5, 0.6) is 5.75 Å². The highest BCUT2D eigenvalue weighted by atomic mass is 16.5. The summed E-state index contributed by atoms with van der Waals surface area (Å²) in [5.41, 5.74) is 5.79. The number of amides is 1. The van der Waals surface area contributed by atoms with Crippen LogP contribution in [0.15, 0.2) is 84.6 Å². The van der Waals surface area contributed by atoms with E-state index < -0.39 is 5.91 Å². The Labute approximate surface area is 205 Å². The van der Waals surface area contributed by atoms with E-state index in [1.807, 2.05) is 106 Å².